The first-order chi connectivity index (χ1) is 14.4. The first-order valence-corrected chi connectivity index (χ1v) is 9.61. The Bertz CT molecular complexity index is 1490. The lowest BCUT2D eigenvalue weighted by Crippen LogP contribution is -1.93. The molecule has 29 heavy (non-hydrogen) atoms. The lowest BCUT2D eigenvalue weighted by molar-refractivity contribution is 0.667. The molecule has 0 spiro atoms. The van der Waals surface area contributed by atoms with Crippen LogP contribution in [0.3, 0.4) is 0 Å². The molecule has 0 radical (unpaired) electrons. The summed E-state index contributed by atoms with van der Waals surface area (Å²) in [6, 6.07) is 32.7. The van der Waals surface area contributed by atoms with Crippen LogP contribution in [0.25, 0.3) is 55.5 Å². The summed E-state index contributed by atoms with van der Waals surface area (Å²) in [7, 11) is 0. The molecule has 0 aliphatic rings. The predicted molar refractivity (Wildman–Crippen MR) is 118 cm³/mol. The van der Waals surface area contributed by atoms with Gasteiger partial charge in [-0.2, -0.15) is 0 Å². The van der Waals surface area contributed by atoms with E-state index >= 15 is 0 Å². The summed E-state index contributed by atoms with van der Waals surface area (Å²) in [5.41, 5.74) is 5.22. The smallest absolute Gasteiger partial charge is 0.180 e. The van der Waals surface area contributed by atoms with E-state index in [1.165, 1.54) is 5.39 Å². The van der Waals surface area contributed by atoms with Crippen molar-refractivity contribution in [1.29, 1.82) is 0 Å². The SMILES string of the molecule is c1ccc(-c2nc(-c3ccccc3)c3oc4ccc5ccccc5c4c3n2)cc1. The van der Waals surface area contributed by atoms with Gasteiger partial charge in [-0.1, -0.05) is 91.0 Å². The zero-order valence-corrected chi connectivity index (χ0v) is 15.5. The van der Waals surface area contributed by atoms with E-state index in [2.05, 4.69) is 42.5 Å². The first kappa shape index (κ1) is 16.0. The van der Waals surface area contributed by atoms with Crippen molar-refractivity contribution in [3.8, 4) is 22.6 Å². The molecule has 0 unspecified atom stereocenters. The molecular formula is C26H16N2O. The van der Waals surface area contributed by atoms with Gasteiger partial charge in [0.15, 0.2) is 11.4 Å². The van der Waals surface area contributed by atoms with Crippen LogP contribution in [0.1, 0.15) is 0 Å². The summed E-state index contributed by atoms with van der Waals surface area (Å²) in [5, 5.41) is 3.35. The molecule has 0 aliphatic carbocycles. The molecule has 0 N–H and O–H groups in total. The minimum Gasteiger partial charge on any atom is -0.452 e. The monoisotopic (exact) mass is 372 g/mol. The minimum atomic E-state index is 0.701. The second-order valence-electron chi connectivity index (χ2n) is 7.07. The molecule has 0 aliphatic heterocycles. The number of fused-ring (bicyclic) bond motifs is 5. The van der Waals surface area contributed by atoms with Crippen molar-refractivity contribution in [3.05, 3.63) is 97.1 Å². The van der Waals surface area contributed by atoms with Crippen molar-refractivity contribution in [2.45, 2.75) is 0 Å². The van der Waals surface area contributed by atoms with Crippen LogP contribution in [0.2, 0.25) is 0 Å². The number of benzene rings is 4. The fourth-order valence-electron chi connectivity index (χ4n) is 3.92. The molecule has 0 fully saturated rings. The standard InChI is InChI=1S/C26H16N2O/c1-3-10-18(11-4-1)23-25-24(28-26(27-23)19-12-5-2-6-13-19)22-20-14-8-7-9-17(20)15-16-21(22)29-25/h1-16H. The largest absolute Gasteiger partial charge is 0.452 e. The zero-order chi connectivity index (χ0) is 19.2. The number of furan rings is 1. The van der Waals surface area contributed by atoms with E-state index in [0.29, 0.717) is 5.82 Å². The molecular weight excluding hydrogens is 356 g/mol. The van der Waals surface area contributed by atoms with Gasteiger partial charge in [-0.25, -0.2) is 9.97 Å². The average molecular weight is 372 g/mol. The molecule has 0 amide bonds. The van der Waals surface area contributed by atoms with Gasteiger partial charge >= 0.3 is 0 Å². The van der Waals surface area contributed by atoms with Crippen LogP contribution in [0.4, 0.5) is 0 Å². The summed E-state index contributed by atoms with van der Waals surface area (Å²) in [4.78, 5) is 9.88. The predicted octanol–water partition coefficient (Wildman–Crippen LogP) is 6.86. The molecule has 2 heterocycles. The van der Waals surface area contributed by atoms with E-state index in [-0.39, 0.29) is 0 Å². The highest BCUT2D eigenvalue weighted by atomic mass is 16.3. The van der Waals surface area contributed by atoms with E-state index in [4.69, 9.17) is 14.4 Å². The second-order valence-corrected chi connectivity index (χ2v) is 7.07. The van der Waals surface area contributed by atoms with Gasteiger partial charge in [-0.3, -0.25) is 0 Å². The summed E-state index contributed by atoms with van der Waals surface area (Å²) in [5.74, 6) is 0.701. The maximum absolute atomic E-state index is 6.31. The zero-order valence-electron chi connectivity index (χ0n) is 15.5. The van der Waals surface area contributed by atoms with Gasteiger partial charge in [-0.15, -0.1) is 0 Å². The van der Waals surface area contributed by atoms with Crippen LogP contribution in [0.15, 0.2) is 101 Å². The van der Waals surface area contributed by atoms with Crippen LogP contribution in [0.5, 0.6) is 0 Å². The number of aromatic nitrogens is 2. The quantitative estimate of drug-likeness (QED) is 0.333. The van der Waals surface area contributed by atoms with E-state index < -0.39 is 0 Å². The molecule has 4 aromatic carbocycles. The highest BCUT2D eigenvalue weighted by molar-refractivity contribution is 6.19. The molecule has 0 bridgehead atoms. The summed E-state index contributed by atoms with van der Waals surface area (Å²) < 4.78 is 6.31. The van der Waals surface area contributed by atoms with Gasteiger partial charge in [0.1, 0.15) is 16.8 Å². The van der Waals surface area contributed by atoms with E-state index in [0.717, 1.165) is 44.3 Å². The van der Waals surface area contributed by atoms with Crippen molar-refractivity contribution in [3.63, 3.8) is 0 Å². The van der Waals surface area contributed by atoms with Crippen LogP contribution in [-0.2, 0) is 0 Å². The highest BCUT2D eigenvalue weighted by Crippen LogP contribution is 2.38. The van der Waals surface area contributed by atoms with Crippen molar-refractivity contribution in [1.82, 2.24) is 9.97 Å². The van der Waals surface area contributed by atoms with E-state index in [1.54, 1.807) is 0 Å². The van der Waals surface area contributed by atoms with Crippen LogP contribution in [-0.4, -0.2) is 9.97 Å². The maximum atomic E-state index is 6.31. The Balaban J connectivity index is 1.79. The Kier molecular flexibility index (Phi) is 3.47. The second kappa shape index (κ2) is 6.28. The fourth-order valence-corrected chi connectivity index (χ4v) is 3.92. The van der Waals surface area contributed by atoms with Crippen molar-refractivity contribution in [2.24, 2.45) is 0 Å². The summed E-state index contributed by atoms with van der Waals surface area (Å²) in [6.07, 6.45) is 0. The molecule has 0 atom stereocenters. The third kappa shape index (κ3) is 2.52. The van der Waals surface area contributed by atoms with Crippen molar-refractivity contribution in [2.75, 3.05) is 0 Å². The summed E-state index contributed by atoms with van der Waals surface area (Å²) >= 11 is 0. The number of hydrogen-bond donors (Lipinski definition) is 0. The summed E-state index contributed by atoms with van der Waals surface area (Å²) in [6.45, 7) is 0. The van der Waals surface area contributed by atoms with Gasteiger partial charge < -0.3 is 4.42 Å². The highest BCUT2D eigenvalue weighted by Gasteiger charge is 2.19. The van der Waals surface area contributed by atoms with Crippen molar-refractivity contribution >= 4 is 32.8 Å². The molecule has 2 aromatic heterocycles. The Labute approximate surface area is 167 Å². The van der Waals surface area contributed by atoms with Crippen molar-refractivity contribution < 1.29 is 4.42 Å². The van der Waals surface area contributed by atoms with Gasteiger partial charge in [0, 0.05) is 11.1 Å². The van der Waals surface area contributed by atoms with Crippen LogP contribution in [0, 0.1) is 0 Å². The van der Waals surface area contributed by atoms with E-state index in [1.807, 2.05) is 54.6 Å². The number of hydrogen-bond acceptors (Lipinski definition) is 3. The topological polar surface area (TPSA) is 38.9 Å². The van der Waals surface area contributed by atoms with Crippen LogP contribution >= 0.6 is 0 Å². The lowest BCUT2D eigenvalue weighted by Gasteiger charge is -2.06. The number of nitrogens with zero attached hydrogens (tertiary/aromatic N) is 2. The Morgan fingerprint density at radius 3 is 2.07 bits per heavy atom. The molecule has 3 heteroatoms. The third-order valence-corrected chi connectivity index (χ3v) is 5.28. The lowest BCUT2D eigenvalue weighted by atomic mass is 10.0. The normalized spacial score (nSPS) is 11.4. The molecule has 136 valence electrons. The van der Waals surface area contributed by atoms with Gasteiger partial charge in [0.25, 0.3) is 0 Å². The molecule has 3 nitrogen and oxygen atoms in total. The number of rotatable bonds is 2. The molecule has 0 saturated heterocycles. The van der Waals surface area contributed by atoms with E-state index in [9.17, 15) is 0 Å². The van der Waals surface area contributed by atoms with Gasteiger partial charge in [0.05, 0.1) is 5.39 Å². The van der Waals surface area contributed by atoms with Gasteiger partial charge in [0.2, 0.25) is 0 Å². The molecule has 6 aromatic rings. The molecule has 6 rings (SSSR count). The first-order valence-electron chi connectivity index (χ1n) is 9.61. The maximum Gasteiger partial charge on any atom is 0.180 e. The Morgan fingerprint density at radius 1 is 0.586 bits per heavy atom. The van der Waals surface area contributed by atoms with Crippen LogP contribution < -0.4 is 0 Å². The Morgan fingerprint density at radius 2 is 1.28 bits per heavy atom. The fraction of sp³-hybridized carbons (Fsp3) is 0. The third-order valence-electron chi connectivity index (χ3n) is 5.28. The minimum absolute atomic E-state index is 0.701. The molecule has 0 saturated carbocycles. The average Bonchev–Trinajstić information content (AvgIpc) is 3.19. The Hall–Kier alpha value is -3.98. The van der Waals surface area contributed by atoms with Gasteiger partial charge in [-0.05, 0) is 16.8 Å².